The van der Waals surface area contributed by atoms with Crippen LogP contribution in [0.25, 0.3) is 22.4 Å². The Morgan fingerprint density at radius 1 is 1.26 bits per heavy atom. The minimum absolute atomic E-state index is 0.420. The van der Waals surface area contributed by atoms with Crippen molar-refractivity contribution in [2.75, 3.05) is 0 Å². The van der Waals surface area contributed by atoms with Gasteiger partial charge in [0.15, 0.2) is 0 Å². The number of imidazole rings is 1. The maximum atomic E-state index is 6.00. The Morgan fingerprint density at radius 2 is 2.11 bits per heavy atom. The number of aromatic nitrogens is 3. The highest BCUT2D eigenvalue weighted by Gasteiger charge is 2.10. The standard InChI is InChI=1S/C14H13ClN4/c1-19-13-3-2-10(15)7-12(13)18-14(19)9-4-5-17-11(6-9)8-16/h2-7H,8,16H2,1H3. The van der Waals surface area contributed by atoms with Gasteiger partial charge in [-0.05, 0) is 30.3 Å². The summed E-state index contributed by atoms with van der Waals surface area (Å²) in [6.07, 6.45) is 1.75. The van der Waals surface area contributed by atoms with Crippen molar-refractivity contribution in [3.63, 3.8) is 0 Å². The molecule has 0 aliphatic heterocycles. The maximum Gasteiger partial charge on any atom is 0.140 e. The molecule has 96 valence electrons. The lowest BCUT2D eigenvalue weighted by atomic mass is 10.2. The van der Waals surface area contributed by atoms with E-state index in [1.807, 2.05) is 41.9 Å². The summed E-state index contributed by atoms with van der Waals surface area (Å²) in [7, 11) is 1.99. The number of nitrogens with zero attached hydrogens (tertiary/aromatic N) is 3. The van der Waals surface area contributed by atoms with Crippen molar-refractivity contribution in [3.05, 3.63) is 47.2 Å². The van der Waals surface area contributed by atoms with Gasteiger partial charge in [-0.15, -0.1) is 0 Å². The van der Waals surface area contributed by atoms with Crippen LogP contribution in [0.2, 0.25) is 5.02 Å². The molecule has 2 N–H and O–H groups in total. The summed E-state index contributed by atoms with van der Waals surface area (Å²) in [5.41, 5.74) is 9.41. The first kappa shape index (κ1) is 12.1. The molecule has 19 heavy (non-hydrogen) atoms. The third-order valence-corrected chi connectivity index (χ3v) is 3.36. The molecule has 3 rings (SSSR count). The van der Waals surface area contributed by atoms with Gasteiger partial charge in [0, 0.05) is 30.4 Å². The second-order valence-corrected chi connectivity index (χ2v) is 4.80. The molecule has 2 heterocycles. The zero-order chi connectivity index (χ0) is 13.4. The van der Waals surface area contributed by atoms with Crippen molar-refractivity contribution in [2.45, 2.75) is 6.54 Å². The molecular formula is C14H13ClN4. The van der Waals surface area contributed by atoms with Crippen molar-refractivity contribution in [1.29, 1.82) is 0 Å². The first-order valence-corrected chi connectivity index (χ1v) is 6.34. The second-order valence-electron chi connectivity index (χ2n) is 4.37. The van der Waals surface area contributed by atoms with Crippen LogP contribution in [0.5, 0.6) is 0 Å². The van der Waals surface area contributed by atoms with Gasteiger partial charge in [0.2, 0.25) is 0 Å². The predicted octanol–water partition coefficient (Wildman–Crippen LogP) is 2.75. The van der Waals surface area contributed by atoms with Crippen LogP contribution in [0, 0.1) is 0 Å². The Morgan fingerprint density at radius 3 is 2.89 bits per heavy atom. The monoisotopic (exact) mass is 272 g/mol. The van der Waals surface area contributed by atoms with Crippen molar-refractivity contribution in [1.82, 2.24) is 14.5 Å². The van der Waals surface area contributed by atoms with Crippen LogP contribution >= 0.6 is 11.6 Å². The minimum atomic E-state index is 0.420. The largest absolute Gasteiger partial charge is 0.327 e. The zero-order valence-corrected chi connectivity index (χ0v) is 11.2. The van der Waals surface area contributed by atoms with E-state index < -0.39 is 0 Å². The molecule has 0 unspecified atom stereocenters. The molecule has 0 fully saturated rings. The summed E-state index contributed by atoms with van der Waals surface area (Å²) in [5, 5.41) is 0.689. The quantitative estimate of drug-likeness (QED) is 0.780. The van der Waals surface area contributed by atoms with Gasteiger partial charge in [-0.1, -0.05) is 11.6 Å². The summed E-state index contributed by atoms with van der Waals surface area (Å²) >= 11 is 6.00. The molecule has 5 heteroatoms. The molecule has 0 spiro atoms. The molecule has 1 aromatic carbocycles. The normalized spacial score (nSPS) is 11.1. The van der Waals surface area contributed by atoms with Crippen LogP contribution in [-0.2, 0) is 13.6 Å². The molecule has 0 aliphatic rings. The molecule has 4 nitrogen and oxygen atoms in total. The number of rotatable bonds is 2. The van der Waals surface area contributed by atoms with Crippen molar-refractivity contribution in [3.8, 4) is 11.4 Å². The van der Waals surface area contributed by atoms with Crippen LogP contribution in [0.15, 0.2) is 36.5 Å². The van der Waals surface area contributed by atoms with E-state index >= 15 is 0 Å². The van der Waals surface area contributed by atoms with Gasteiger partial charge in [-0.2, -0.15) is 0 Å². The molecule has 0 amide bonds. The Hall–Kier alpha value is -1.91. The number of benzene rings is 1. The molecule has 0 saturated carbocycles. The van der Waals surface area contributed by atoms with E-state index in [1.54, 1.807) is 6.20 Å². The van der Waals surface area contributed by atoms with E-state index in [-0.39, 0.29) is 0 Å². The third-order valence-electron chi connectivity index (χ3n) is 3.13. The number of aryl methyl sites for hydroxylation is 1. The highest BCUT2D eigenvalue weighted by atomic mass is 35.5. The Bertz CT molecular complexity index is 748. The fourth-order valence-corrected chi connectivity index (χ4v) is 2.33. The van der Waals surface area contributed by atoms with Gasteiger partial charge in [-0.3, -0.25) is 4.98 Å². The molecule has 0 radical (unpaired) electrons. The average molecular weight is 273 g/mol. The summed E-state index contributed by atoms with van der Waals surface area (Å²) in [6, 6.07) is 9.60. The topological polar surface area (TPSA) is 56.7 Å². The van der Waals surface area contributed by atoms with E-state index in [9.17, 15) is 0 Å². The van der Waals surface area contributed by atoms with E-state index in [0.717, 1.165) is 28.1 Å². The average Bonchev–Trinajstić information content (AvgIpc) is 2.75. The molecule has 3 aromatic rings. The van der Waals surface area contributed by atoms with Crippen LogP contribution in [0.1, 0.15) is 5.69 Å². The first-order chi connectivity index (χ1) is 9.19. The zero-order valence-electron chi connectivity index (χ0n) is 10.5. The van der Waals surface area contributed by atoms with Gasteiger partial charge in [-0.25, -0.2) is 4.98 Å². The summed E-state index contributed by atoms with van der Waals surface area (Å²) in [4.78, 5) is 8.83. The van der Waals surface area contributed by atoms with Crippen molar-refractivity contribution >= 4 is 22.6 Å². The number of pyridine rings is 1. The molecule has 2 aromatic heterocycles. The Kier molecular flexibility index (Phi) is 2.97. The van der Waals surface area contributed by atoms with Crippen LogP contribution in [0.4, 0.5) is 0 Å². The van der Waals surface area contributed by atoms with Gasteiger partial charge >= 0.3 is 0 Å². The third kappa shape index (κ3) is 2.09. The lowest BCUT2D eigenvalue weighted by Gasteiger charge is -2.03. The molecule has 0 atom stereocenters. The van der Waals surface area contributed by atoms with Crippen molar-refractivity contribution in [2.24, 2.45) is 12.8 Å². The fourth-order valence-electron chi connectivity index (χ4n) is 2.16. The van der Waals surface area contributed by atoms with Gasteiger partial charge < -0.3 is 10.3 Å². The Balaban J connectivity index is 2.21. The number of nitrogens with two attached hydrogens (primary N) is 1. The smallest absolute Gasteiger partial charge is 0.140 e. The Labute approximate surface area is 115 Å². The minimum Gasteiger partial charge on any atom is -0.327 e. The second kappa shape index (κ2) is 4.64. The summed E-state index contributed by atoms with van der Waals surface area (Å²) in [6.45, 7) is 0.420. The van der Waals surface area contributed by atoms with Gasteiger partial charge in [0.05, 0.1) is 16.7 Å². The number of halogens is 1. The van der Waals surface area contributed by atoms with Crippen LogP contribution < -0.4 is 5.73 Å². The molecule has 0 bridgehead atoms. The number of hydrogen-bond donors (Lipinski definition) is 1. The highest BCUT2D eigenvalue weighted by molar-refractivity contribution is 6.31. The lowest BCUT2D eigenvalue weighted by molar-refractivity contribution is 0.950. The van der Waals surface area contributed by atoms with Crippen LogP contribution in [-0.4, -0.2) is 14.5 Å². The fraction of sp³-hybridized carbons (Fsp3) is 0.143. The first-order valence-electron chi connectivity index (χ1n) is 5.96. The highest BCUT2D eigenvalue weighted by Crippen LogP contribution is 2.25. The molecular weight excluding hydrogens is 260 g/mol. The number of hydrogen-bond acceptors (Lipinski definition) is 3. The molecule has 0 aliphatic carbocycles. The predicted molar refractivity (Wildman–Crippen MR) is 76.8 cm³/mol. The van der Waals surface area contributed by atoms with E-state index in [4.69, 9.17) is 17.3 Å². The van der Waals surface area contributed by atoms with Crippen molar-refractivity contribution < 1.29 is 0 Å². The van der Waals surface area contributed by atoms with E-state index in [1.165, 1.54) is 0 Å². The van der Waals surface area contributed by atoms with E-state index in [2.05, 4.69) is 9.97 Å². The van der Waals surface area contributed by atoms with Gasteiger partial charge in [0.1, 0.15) is 5.82 Å². The lowest BCUT2D eigenvalue weighted by Crippen LogP contribution is -2.00. The summed E-state index contributed by atoms with van der Waals surface area (Å²) < 4.78 is 2.04. The summed E-state index contributed by atoms with van der Waals surface area (Å²) in [5.74, 6) is 0.884. The van der Waals surface area contributed by atoms with Gasteiger partial charge in [0.25, 0.3) is 0 Å². The van der Waals surface area contributed by atoms with E-state index in [0.29, 0.717) is 11.6 Å². The maximum absolute atomic E-state index is 6.00. The van der Waals surface area contributed by atoms with Crippen LogP contribution in [0.3, 0.4) is 0 Å². The molecule has 0 saturated heterocycles. The SMILES string of the molecule is Cn1c(-c2ccnc(CN)c2)nc2cc(Cl)ccc21. The number of fused-ring (bicyclic) bond motifs is 1.